The van der Waals surface area contributed by atoms with Crippen LogP contribution in [0, 0.1) is 5.92 Å². The van der Waals surface area contributed by atoms with Crippen molar-refractivity contribution in [3.63, 3.8) is 0 Å². The fourth-order valence-electron chi connectivity index (χ4n) is 3.11. The zero-order valence-electron chi connectivity index (χ0n) is 12.0. The van der Waals surface area contributed by atoms with Crippen LogP contribution >= 0.6 is 0 Å². The van der Waals surface area contributed by atoms with Gasteiger partial charge in [0.05, 0.1) is 0 Å². The highest BCUT2D eigenvalue weighted by Gasteiger charge is 2.16. The molecule has 0 aromatic heterocycles. The van der Waals surface area contributed by atoms with Crippen LogP contribution in [0.3, 0.4) is 0 Å². The molecule has 3 heteroatoms. The lowest BCUT2D eigenvalue weighted by molar-refractivity contribution is 0.0631. The van der Waals surface area contributed by atoms with Crippen LogP contribution in [0.4, 0.5) is 0 Å². The first-order valence-corrected chi connectivity index (χ1v) is 7.84. The van der Waals surface area contributed by atoms with E-state index in [1.165, 1.54) is 64.6 Å². The molecule has 0 atom stereocenters. The van der Waals surface area contributed by atoms with E-state index in [0.29, 0.717) is 0 Å². The third kappa shape index (κ3) is 5.25. The Morgan fingerprint density at radius 3 is 2.50 bits per heavy atom. The standard InChI is InChI=1S/C15H30N2O/c1-17-10-5-15(6-11-17)16-9-3-2-4-14-7-12-18-13-8-14/h14-16H,2-13H2,1H3. The molecule has 2 heterocycles. The van der Waals surface area contributed by atoms with Crippen molar-refractivity contribution in [3.8, 4) is 0 Å². The molecule has 18 heavy (non-hydrogen) atoms. The number of ether oxygens (including phenoxy) is 1. The fraction of sp³-hybridized carbons (Fsp3) is 1.00. The average Bonchev–Trinajstić information content (AvgIpc) is 2.42. The van der Waals surface area contributed by atoms with Gasteiger partial charge in [0.25, 0.3) is 0 Å². The number of nitrogens with one attached hydrogen (secondary N) is 1. The summed E-state index contributed by atoms with van der Waals surface area (Å²) in [4.78, 5) is 2.43. The molecular weight excluding hydrogens is 224 g/mol. The fourth-order valence-corrected chi connectivity index (χ4v) is 3.11. The molecule has 0 aromatic rings. The first-order valence-electron chi connectivity index (χ1n) is 7.84. The molecule has 3 nitrogen and oxygen atoms in total. The number of hydrogen-bond donors (Lipinski definition) is 1. The van der Waals surface area contributed by atoms with Gasteiger partial charge in [0, 0.05) is 19.3 Å². The first-order chi connectivity index (χ1) is 8.84. The van der Waals surface area contributed by atoms with Gasteiger partial charge in [0.1, 0.15) is 0 Å². The predicted octanol–water partition coefficient (Wildman–Crippen LogP) is 2.27. The molecule has 1 N–H and O–H groups in total. The quantitative estimate of drug-likeness (QED) is 0.736. The van der Waals surface area contributed by atoms with Crippen molar-refractivity contribution in [2.75, 3.05) is 39.9 Å². The lowest BCUT2D eigenvalue weighted by Crippen LogP contribution is -2.41. The van der Waals surface area contributed by atoms with Crippen molar-refractivity contribution >= 4 is 0 Å². The Kier molecular flexibility index (Phi) is 6.46. The highest BCUT2D eigenvalue weighted by Crippen LogP contribution is 2.20. The maximum Gasteiger partial charge on any atom is 0.0468 e. The summed E-state index contributed by atoms with van der Waals surface area (Å²) in [6.07, 6.45) is 9.41. The largest absolute Gasteiger partial charge is 0.381 e. The van der Waals surface area contributed by atoms with Crippen molar-refractivity contribution in [1.29, 1.82) is 0 Å². The minimum Gasteiger partial charge on any atom is -0.381 e. The van der Waals surface area contributed by atoms with Gasteiger partial charge in [-0.05, 0) is 64.7 Å². The summed E-state index contributed by atoms with van der Waals surface area (Å²) in [5, 5.41) is 3.73. The van der Waals surface area contributed by atoms with Crippen molar-refractivity contribution < 1.29 is 4.74 Å². The van der Waals surface area contributed by atoms with E-state index in [1.54, 1.807) is 0 Å². The second-order valence-corrected chi connectivity index (χ2v) is 6.08. The average molecular weight is 254 g/mol. The van der Waals surface area contributed by atoms with Crippen LogP contribution in [-0.2, 0) is 4.74 Å². The molecule has 2 fully saturated rings. The van der Waals surface area contributed by atoms with E-state index in [0.717, 1.165) is 25.2 Å². The number of hydrogen-bond acceptors (Lipinski definition) is 3. The molecule has 0 saturated carbocycles. The number of nitrogens with zero attached hydrogens (tertiary/aromatic N) is 1. The van der Waals surface area contributed by atoms with Crippen LogP contribution in [0.25, 0.3) is 0 Å². The van der Waals surface area contributed by atoms with Crippen LogP contribution in [0.5, 0.6) is 0 Å². The Morgan fingerprint density at radius 2 is 1.78 bits per heavy atom. The number of rotatable bonds is 6. The van der Waals surface area contributed by atoms with Crippen LogP contribution in [-0.4, -0.2) is 50.8 Å². The Hall–Kier alpha value is -0.120. The molecule has 0 unspecified atom stereocenters. The minimum atomic E-state index is 0.782. The normalized spacial score (nSPS) is 24.5. The lowest BCUT2D eigenvalue weighted by atomic mass is 9.94. The summed E-state index contributed by atoms with van der Waals surface area (Å²) in [6.45, 7) is 5.74. The third-order valence-electron chi connectivity index (χ3n) is 4.53. The SMILES string of the molecule is CN1CCC(NCCCCC2CCOCC2)CC1. The molecular formula is C15H30N2O. The highest BCUT2D eigenvalue weighted by atomic mass is 16.5. The molecule has 2 aliphatic rings. The third-order valence-corrected chi connectivity index (χ3v) is 4.53. The van der Waals surface area contributed by atoms with Gasteiger partial charge in [0.2, 0.25) is 0 Å². The Labute approximate surface area is 112 Å². The van der Waals surface area contributed by atoms with E-state index >= 15 is 0 Å². The van der Waals surface area contributed by atoms with Gasteiger partial charge >= 0.3 is 0 Å². The van der Waals surface area contributed by atoms with Crippen molar-refractivity contribution in [3.05, 3.63) is 0 Å². The molecule has 0 bridgehead atoms. The summed E-state index contributed by atoms with van der Waals surface area (Å²) in [7, 11) is 2.23. The highest BCUT2D eigenvalue weighted by molar-refractivity contribution is 4.75. The Bertz CT molecular complexity index is 209. The summed E-state index contributed by atoms with van der Waals surface area (Å²) in [5.74, 6) is 0.946. The van der Waals surface area contributed by atoms with Gasteiger partial charge in [-0.1, -0.05) is 12.8 Å². The molecule has 2 saturated heterocycles. The first kappa shape index (κ1) is 14.3. The van der Waals surface area contributed by atoms with Gasteiger partial charge in [-0.25, -0.2) is 0 Å². The molecule has 0 spiro atoms. The summed E-state index contributed by atoms with van der Waals surface area (Å²) in [6, 6.07) is 0.782. The predicted molar refractivity (Wildman–Crippen MR) is 75.9 cm³/mol. The number of piperidine rings is 1. The van der Waals surface area contributed by atoms with Gasteiger partial charge < -0.3 is 15.0 Å². The van der Waals surface area contributed by atoms with Gasteiger partial charge in [0.15, 0.2) is 0 Å². The van der Waals surface area contributed by atoms with Gasteiger partial charge in [-0.15, -0.1) is 0 Å². The Morgan fingerprint density at radius 1 is 1.06 bits per heavy atom. The topological polar surface area (TPSA) is 24.5 Å². The van der Waals surface area contributed by atoms with E-state index < -0.39 is 0 Å². The second-order valence-electron chi connectivity index (χ2n) is 6.08. The van der Waals surface area contributed by atoms with Gasteiger partial charge in [-0.3, -0.25) is 0 Å². The second kappa shape index (κ2) is 8.13. The molecule has 2 aliphatic heterocycles. The van der Waals surface area contributed by atoms with E-state index in [9.17, 15) is 0 Å². The van der Waals surface area contributed by atoms with Crippen LogP contribution in [0.2, 0.25) is 0 Å². The number of unbranched alkanes of at least 4 members (excludes halogenated alkanes) is 1. The van der Waals surface area contributed by atoms with E-state index in [4.69, 9.17) is 4.74 Å². The maximum absolute atomic E-state index is 5.40. The molecule has 0 aromatic carbocycles. The molecule has 0 radical (unpaired) electrons. The van der Waals surface area contributed by atoms with E-state index in [2.05, 4.69) is 17.3 Å². The maximum atomic E-state index is 5.40. The summed E-state index contributed by atoms with van der Waals surface area (Å²) in [5.41, 5.74) is 0. The van der Waals surface area contributed by atoms with Crippen molar-refractivity contribution in [1.82, 2.24) is 10.2 Å². The smallest absolute Gasteiger partial charge is 0.0468 e. The summed E-state index contributed by atoms with van der Waals surface area (Å²) < 4.78 is 5.40. The molecule has 106 valence electrons. The van der Waals surface area contributed by atoms with Crippen LogP contribution < -0.4 is 5.32 Å². The minimum absolute atomic E-state index is 0.782. The monoisotopic (exact) mass is 254 g/mol. The zero-order valence-corrected chi connectivity index (χ0v) is 12.0. The molecule has 0 amide bonds. The van der Waals surface area contributed by atoms with Gasteiger partial charge in [-0.2, -0.15) is 0 Å². The van der Waals surface area contributed by atoms with E-state index in [1.807, 2.05) is 0 Å². The van der Waals surface area contributed by atoms with Crippen LogP contribution in [0.1, 0.15) is 44.9 Å². The zero-order chi connectivity index (χ0) is 12.6. The summed E-state index contributed by atoms with van der Waals surface area (Å²) >= 11 is 0. The van der Waals surface area contributed by atoms with Crippen molar-refractivity contribution in [2.24, 2.45) is 5.92 Å². The molecule has 2 rings (SSSR count). The number of likely N-dealkylation sites (tertiary alicyclic amines) is 1. The van der Waals surface area contributed by atoms with Crippen LogP contribution in [0.15, 0.2) is 0 Å². The van der Waals surface area contributed by atoms with Crippen molar-refractivity contribution in [2.45, 2.75) is 51.0 Å². The Balaban J connectivity index is 1.43. The molecule has 0 aliphatic carbocycles. The van der Waals surface area contributed by atoms with E-state index in [-0.39, 0.29) is 0 Å². The lowest BCUT2D eigenvalue weighted by Gasteiger charge is -2.29.